The minimum absolute atomic E-state index is 0.876. The maximum Gasteiger partial charge on any atom is 0.0626 e. The molecule has 0 aliphatic rings. The lowest BCUT2D eigenvalue weighted by molar-refractivity contribution is 1.49. The van der Waals surface area contributed by atoms with Crippen molar-refractivity contribution >= 4 is 71.5 Å². The van der Waals surface area contributed by atoms with Crippen LogP contribution in [0.4, 0.5) is 0 Å². The predicted octanol–water partition coefficient (Wildman–Crippen LogP) is 5.05. The highest BCUT2D eigenvalue weighted by molar-refractivity contribution is 14.1. The fourth-order valence-electron chi connectivity index (χ4n) is 1.24. The van der Waals surface area contributed by atoms with Gasteiger partial charge >= 0.3 is 0 Å². The monoisotopic (exact) mass is 386 g/mol. The molecule has 1 aromatic heterocycles. The van der Waals surface area contributed by atoms with Gasteiger partial charge in [0.1, 0.15) is 0 Å². The zero-order chi connectivity index (χ0) is 9.42. The molecule has 0 aliphatic heterocycles. The molecule has 2 rings (SSSR count). The quantitative estimate of drug-likeness (QED) is 0.474. The van der Waals surface area contributed by atoms with Gasteiger partial charge in [0.25, 0.3) is 0 Å². The Balaban J connectivity index is 2.87. The Bertz CT molecular complexity index is 452. The van der Waals surface area contributed by atoms with E-state index in [0.717, 1.165) is 13.9 Å². The smallest absolute Gasteiger partial charge is 0.0626 e. The van der Waals surface area contributed by atoms with Crippen LogP contribution in [-0.4, -0.2) is 0 Å². The van der Waals surface area contributed by atoms with Gasteiger partial charge in [0.05, 0.1) is 5.02 Å². The first-order chi connectivity index (χ1) is 6.24. The molecule has 1 aromatic carbocycles. The molecule has 0 aliphatic carbocycles. The fraction of sp³-hybridized carbons (Fsp3) is 0.111. The number of hydrogen-bond acceptors (Lipinski definition) is 1. The maximum atomic E-state index is 6.18. The second-order valence-corrected chi connectivity index (χ2v) is 5.65. The van der Waals surface area contributed by atoms with E-state index in [1.807, 2.05) is 0 Å². The summed E-state index contributed by atoms with van der Waals surface area (Å²) in [6, 6.07) is 4.22. The van der Waals surface area contributed by atoms with Crippen LogP contribution < -0.4 is 0 Å². The van der Waals surface area contributed by atoms with E-state index in [4.69, 9.17) is 11.6 Å². The summed E-state index contributed by atoms with van der Waals surface area (Å²) in [4.78, 5) is 0. The van der Waals surface area contributed by atoms with Gasteiger partial charge in [0.15, 0.2) is 0 Å². The lowest BCUT2D eigenvalue weighted by Crippen LogP contribution is -1.82. The molecule has 0 radical (unpaired) electrons. The van der Waals surface area contributed by atoms with Gasteiger partial charge in [-0.1, -0.05) is 27.5 Å². The van der Waals surface area contributed by atoms with Crippen molar-refractivity contribution in [1.82, 2.24) is 0 Å². The van der Waals surface area contributed by atoms with Gasteiger partial charge < -0.3 is 0 Å². The highest BCUT2D eigenvalue weighted by Crippen LogP contribution is 2.35. The standard InChI is InChI=1S/C9H5BrClIS/c10-4-5-3-7(12)8(11)6-1-2-13-9(5)6/h1-3H,4H2. The van der Waals surface area contributed by atoms with Gasteiger partial charge in [-0.25, -0.2) is 0 Å². The number of rotatable bonds is 1. The first-order valence-electron chi connectivity index (χ1n) is 3.64. The van der Waals surface area contributed by atoms with E-state index in [-0.39, 0.29) is 0 Å². The van der Waals surface area contributed by atoms with Crippen molar-refractivity contribution in [2.24, 2.45) is 0 Å². The van der Waals surface area contributed by atoms with Crippen molar-refractivity contribution in [3.05, 3.63) is 31.7 Å². The van der Waals surface area contributed by atoms with E-state index in [2.05, 4.69) is 56.0 Å². The Labute approximate surface area is 108 Å². The van der Waals surface area contributed by atoms with Crippen LogP contribution in [0.25, 0.3) is 10.1 Å². The highest BCUT2D eigenvalue weighted by atomic mass is 127. The minimum Gasteiger partial charge on any atom is -0.143 e. The molecule has 0 nitrogen and oxygen atoms in total. The van der Waals surface area contributed by atoms with Gasteiger partial charge in [-0.2, -0.15) is 0 Å². The first kappa shape index (κ1) is 10.2. The summed E-state index contributed by atoms with van der Waals surface area (Å²) in [7, 11) is 0. The van der Waals surface area contributed by atoms with Crippen LogP contribution >= 0.6 is 61.5 Å². The Morgan fingerprint density at radius 1 is 1.54 bits per heavy atom. The highest BCUT2D eigenvalue weighted by Gasteiger charge is 2.08. The summed E-state index contributed by atoms with van der Waals surface area (Å²) < 4.78 is 2.42. The normalized spacial score (nSPS) is 11.0. The Kier molecular flexibility index (Phi) is 3.18. The third kappa shape index (κ3) is 1.76. The van der Waals surface area contributed by atoms with E-state index in [1.165, 1.54) is 15.6 Å². The number of thiophene rings is 1. The topological polar surface area (TPSA) is 0 Å². The van der Waals surface area contributed by atoms with Crippen molar-refractivity contribution in [2.45, 2.75) is 5.33 Å². The average Bonchev–Trinajstić information content (AvgIpc) is 2.60. The number of benzene rings is 1. The van der Waals surface area contributed by atoms with Gasteiger partial charge in [-0.05, 0) is 45.7 Å². The fourth-order valence-corrected chi connectivity index (χ4v) is 3.72. The van der Waals surface area contributed by atoms with Crippen LogP contribution in [0.2, 0.25) is 5.02 Å². The average molecular weight is 387 g/mol. The molecule has 68 valence electrons. The summed E-state index contributed by atoms with van der Waals surface area (Å²) in [6.07, 6.45) is 0. The molecule has 0 amide bonds. The van der Waals surface area contributed by atoms with E-state index in [1.54, 1.807) is 11.3 Å². The van der Waals surface area contributed by atoms with Crippen molar-refractivity contribution in [3.8, 4) is 0 Å². The third-order valence-corrected chi connectivity index (χ3v) is 5.02. The maximum absolute atomic E-state index is 6.18. The molecule has 13 heavy (non-hydrogen) atoms. The number of alkyl halides is 1. The predicted molar refractivity (Wildman–Crippen MR) is 72.2 cm³/mol. The van der Waals surface area contributed by atoms with Crippen LogP contribution in [0.15, 0.2) is 17.5 Å². The van der Waals surface area contributed by atoms with Crippen molar-refractivity contribution in [1.29, 1.82) is 0 Å². The van der Waals surface area contributed by atoms with Crippen LogP contribution in [-0.2, 0) is 5.33 Å². The lowest BCUT2D eigenvalue weighted by Gasteiger charge is -2.02. The summed E-state index contributed by atoms with van der Waals surface area (Å²) in [6.45, 7) is 0. The van der Waals surface area contributed by atoms with E-state index in [9.17, 15) is 0 Å². The zero-order valence-electron chi connectivity index (χ0n) is 6.48. The SMILES string of the molecule is Clc1c(I)cc(CBr)c2sccc12. The molecule has 4 heteroatoms. The van der Waals surface area contributed by atoms with Gasteiger partial charge in [0, 0.05) is 19.0 Å². The molecule has 0 unspecified atom stereocenters. The third-order valence-electron chi connectivity index (χ3n) is 1.85. The second-order valence-electron chi connectivity index (χ2n) is 2.63. The van der Waals surface area contributed by atoms with Gasteiger partial charge in [-0.15, -0.1) is 11.3 Å². The van der Waals surface area contributed by atoms with Crippen LogP contribution in [0.3, 0.4) is 0 Å². The largest absolute Gasteiger partial charge is 0.143 e. The molecule has 1 heterocycles. The summed E-state index contributed by atoms with van der Waals surface area (Å²) >= 11 is 13.7. The molecule has 0 saturated carbocycles. The van der Waals surface area contributed by atoms with Crippen LogP contribution in [0.5, 0.6) is 0 Å². The van der Waals surface area contributed by atoms with Gasteiger partial charge in [0.2, 0.25) is 0 Å². The van der Waals surface area contributed by atoms with Crippen molar-refractivity contribution < 1.29 is 0 Å². The van der Waals surface area contributed by atoms with Crippen LogP contribution in [0, 0.1) is 3.57 Å². The van der Waals surface area contributed by atoms with E-state index < -0.39 is 0 Å². The molecule has 0 atom stereocenters. The lowest BCUT2D eigenvalue weighted by atomic mass is 10.2. The van der Waals surface area contributed by atoms with E-state index >= 15 is 0 Å². The molecule has 0 saturated heterocycles. The Morgan fingerprint density at radius 2 is 2.31 bits per heavy atom. The van der Waals surface area contributed by atoms with Crippen molar-refractivity contribution in [2.75, 3.05) is 0 Å². The summed E-state index contributed by atoms with van der Waals surface area (Å²) in [5.74, 6) is 0. The number of halogens is 3. The molecule has 0 bridgehead atoms. The summed E-state index contributed by atoms with van der Waals surface area (Å²) in [5, 5.41) is 5.02. The number of fused-ring (bicyclic) bond motifs is 1. The first-order valence-corrected chi connectivity index (χ1v) is 7.10. The summed E-state index contributed by atoms with van der Waals surface area (Å²) in [5.41, 5.74) is 1.32. The zero-order valence-corrected chi connectivity index (χ0v) is 11.8. The molecule has 0 spiro atoms. The Morgan fingerprint density at radius 3 is 3.00 bits per heavy atom. The second kappa shape index (κ2) is 4.04. The Hall–Kier alpha value is 0.680. The number of hydrogen-bond donors (Lipinski definition) is 0. The van der Waals surface area contributed by atoms with Gasteiger partial charge in [-0.3, -0.25) is 0 Å². The molecular formula is C9H5BrClIS. The molecule has 0 fully saturated rings. The van der Waals surface area contributed by atoms with Crippen LogP contribution in [0.1, 0.15) is 5.56 Å². The molecular weight excluding hydrogens is 382 g/mol. The van der Waals surface area contributed by atoms with Crippen molar-refractivity contribution in [3.63, 3.8) is 0 Å². The molecule has 2 aromatic rings. The minimum atomic E-state index is 0.876. The molecule has 0 N–H and O–H groups in total. The van der Waals surface area contributed by atoms with E-state index in [0.29, 0.717) is 0 Å².